The first-order valence-corrected chi connectivity index (χ1v) is 6.09. The summed E-state index contributed by atoms with van der Waals surface area (Å²) >= 11 is 0. The van der Waals surface area contributed by atoms with E-state index in [1.165, 1.54) is 6.33 Å². The van der Waals surface area contributed by atoms with Crippen LogP contribution < -0.4 is 0 Å². The smallest absolute Gasteiger partial charge is 0.155 e. The van der Waals surface area contributed by atoms with Crippen molar-refractivity contribution in [1.29, 1.82) is 0 Å². The number of rotatable bonds is 3. The van der Waals surface area contributed by atoms with Gasteiger partial charge in [-0.3, -0.25) is 9.89 Å². The molecule has 0 aliphatic heterocycles. The van der Waals surface area contributed by atoms with Gasteiger partial charge in [-0.2, -0.15) is 5.10 Å². The molecule has 0 spiro atoms. The fraction of sp³-hybridized carbons (Fsp3) is 0. The predicted molar refractivity (Wildman–Crippen MR) is 72.6 cm³/mol. The van der Waals surface area contributed by atoms with Crippen molar-refractivity contribution < 1.29 is 13.6 Å². The first-order chi connectivity index (χ1) is 10.2. The molecule has 3 aromatic rings. The Kier molecular flexibility index (Phi) is 3.27. The second-order valence-electron chi connectivity index (χ2n) is 4.39. The maximum atomic E-state index is 13.7. The first-order valence-electron chi connectivity index (χ1n) is 6.09. The minimum Gasteiger partial charge on any atom is -0.298 e. The number of aromatic amines is 1. The number of aldehydes is 1. The number of carbonyl (C=O) groups is 1. The van der Waals surface area contributed by atoms with Gasteiger partial charge in [0.25, 0.3) is 0 Å². The minimum absolute atomic E-state index is 0.166. The second kappa shape index (κ2) is 5.24. The summed E-state index contributed by atoms with van der Waals surface area (Å²) in [5.74, 6) is -1.21. The monoisotopic (exact) mass is 285 g/mol. The number of carbonyl (C=O) groups excluding carboxylic acids is 1. The lowest BCUT2D eigenvalue weighted by molar-refractivity contribution is 0.111. The Labute approximate surface area is 118 Å². The third-order valence-electron chi connectivity index (χ3n) is 3.08. The normalized spacial score (nSPS) is 10.6. The van der Waals surface area contributed by atoms with E-state index >= 15 is 0 Å². The van der Waals surface area contributed by atoms with Gasteiger partial charge >= 0.3 is 0 Å². The fourth-order valence-electron chi connectivity index (χ4n) is 2.05. The molecule has 6 heteroatoms. The van der Waals surface area contributed by atoms with E-state index in [4.69, 9.17) is 0 Å². The van der Waals surface area contributed by atoms with E-state index in [1.54, 1.807) is 24.3 Å². The van der Waals surface area contributed by atoms with Crippen LogP contribution in [0.5, 0.6) is 0 Å². The Morgan fingerprint density at radius 2 is 1.71 bits per heavy atom. The fourth-order valence-corrected chi connectivity index (χ4v) is 2.05. The largest absolute Gasteiger partial charge is 0.298 e. The Bertz CT molecular complexity index is 777. The standard InChI is InChI=1S/C15H9F2N3O/c16-13-5-11(6-14(17)12(13)7-21)9-2-1-3-10(4-9)15-18-8-19-20-15/h1-8H,(H,18,19,20). The minimum atomic E-state index is -0.884. The molecule has 0 amide bonds. The summed E-state index contributed by atoms with van der Waals surface area (Å²) in [5.41, 5.74) is 1.13. The van der Waals surface area contributed by atoms with Crippen molar-refractivity contribution in [3.63, 3.8) is 0 Å². The third-order valence-corrected chi connectivity index (χ3v) is 3.08. The molecular formula is C15H9F2N3O. The number of H-pyrrole nitrogens is 1. The quantitative estimate of drug-likeness (QED) is 0.752. The summed E-state index contributed by atoms with van der Waals surface area (Å²) in [6.07, 6.45) is 1.54. The number of halogens is 2. The molecule has 0 fully saturated rings. The summed E-state index contributed by atoms with van der Waals surface area (Å²) in [7, 11) is 0. The van der Waals surface area contributed by atoms with E-state index < -0.39 is 17.2 Å². The van der Waals surface area contributed by atoms with Crippen LogP contribution in [0, 0.1) is 11.6 Å². The number of nitrogens with one attached hydrogen (secondary N) is 1. The number of nitrogens with zero attached hydrogens (tertiary/aromatic N) is 2. The van der Waals surface area contributed by atoms with Crippen molar-refractivity contribution in [2.75, 3.05) is 0 Å². The first kappa shape index (κ1) is 13.1. The van der Waals surface area contributed by atoms with E-state index in [9.17, 15) is 13.6 Å². The van der Waals surface area contributed by atoms with Crippen LogP contribution in [-0.2, 0) is 0 Å². The van der Waals surface area contributed by atoms with E-state index in [0.717, 1.165) is 17.7 Å². The Balaban J connectivity index is 2.09. The molecular weight excluding hydrogens is 276 g/mol. The van der Waals surface area contributed by atoms with Gasteiger partial charge in [0.2, 0.25) is 0 Å². The van der Waals surface area contributed by atoms with Gasteiger partial charge < -0.3 is 0 Å². The van der Waals surface area contributed by atoms with Gasteiger partial charge in [0.15, 0.2) is 12.1 Å². The van der Waals surface area contributed by atoms with Crippen LogP contribution in [0.25, 0.3) is 22.5 Å². The molecule has 1 aromatic heterocycles. The maximum Gasteiger partial charge on any atom is 0.155 e. The molecule has 0 unspecified atom stereocenters. The van der Waals surface area contributed by atoms with Crippen molar-refractivity contribution in [2.45, 2.75) is 0 Å². The van der Waals surface area contributed by atoms with Crippen LogP contribution in [0.15, 0.2) is 42.7 Å². The molecule has 0 radical (unpaired) electrons. The molecule has 0 atom stereocenters. The molecule has 2 aromatic carbocycles. The van der Waals surface area contributed by atoms with E-state index in [0.29, 0.717) is 17.0 Å². The number of aromatic nitrogens is 3. The van der Waals surface area contributed by atoms with Gasteiger partial charge in [0.05, 0.1) is 5.56 Å². The average molecular weight is 285 g/mol. The Morgan fingerprint density at radius 1 is 1.00 bits per heavy atom. The molecule has 104 valence electrons. The highest BCUT2D eigenvalue weighted by Gasteiger charge is 2.12. The van der Waals surface area contributed by atoms with E-state index in [-0.39, 0.29) is 6.29 Å². The second-order valence-corrected chi connectivity index (χ2v) is 4.39. The number of hydrogen-bond acceptors (Lipinski definition) is 3. The van der Waals surface area contributed by atoms with Crippen LogP contribution in [-0.4, -0.2) is 21.5 Å². The maximum absolute atomic E-state index is 13.7. The van der Waals surface area contributed by atoms with Crippen LogP contribution in [0.1, 0.15) is 10.4 Å². The lowest BCUT2D eigenvalue weighted by Crippen LogP contribution is -1.95. The highest BCUT2D eigenvalue weighted by molar-refractivity contribution is 5.78. The molecule has 0 saturated carbocycles. The molecule has 1 heterocycles. The van der Waals surface area contributed by atoms with E-state index in [1.807, 2.05) is 0 Å². The van der Waals surface area contributed by atoms with Crippen molar-refractivity contribution in [2.24, 2.45) is 0 Å². The third kappa shape index (κ3) is 2.43. The lowest BCUT2D eigenvalue weighted by atomic mass is 10.0. The molecule has 4 nitrogen and oxygen atoms in total. The highest BCUT2D eigenvalue weighted by Crippen LogP contribution is 2.27. The number of benzene rings is 2. The van der Waals surface area contributed by atoms with Gasteiger partial charge in [-0.05, 0) is 29.3 Å². The van der Waals surface area contributed by atoms with Crippen LogP contribution in [0.3, 0.4) is 0 Å². The van der Waals surface area contributed by atoms with Crippen LogP contribution in [0.4, 0.5) is 8.78 Å². The van der Waals surface area contributed by atoms with Crippen molar-refractivity contribution in [1.82, 2.24) is 15.2 Å². The summed E-state index contributed by atoms with van der Waals surface area (Å²) in [5, 5.41) is 6.47. The van der Waals surface area contributed by atoms with Crippen molar-refractivity contribution in [3.8, 4) is 22.5 Å². The van der Waals surface area contributed by atoms with Gasteiger partial charge in [-0.15, -0.1) is 0 Å². The lowest BCUT2D eigenvalue weighted by Gasteiger charge is -2.06. The predicted octanol–water partition coefficient (Wildman–Crippen LogP) is 3.23. The summed E-state index contributed by atoms with van der Waals surface area (Å²) in [4.78, 5) is 14.6. The Hall–Kier alpha value is -2.89. The molecule has 0 aliphatic rings. The SMILES string of the molecule is O=Cc1c(F)cc(-c2cccc(-c3ncn[nH]3)c2)cc1F. The topological polar surface area (TPSA) is 58.6 Å². The number of hydrogen-bond donors (Lipinski definition) is 1. The zero-order chi connectivity index (χ0) is 14.8. The summed E-state index contributed by atoms with van der Waals surface area (Å²) < 4.78 is 27.3. The molecule has 1 N–H and O–H groups in total. The summed E-state index contributed by atoms with van der Waals surface area (Å²) in [6, 6.07) is 9.26. The Morgan fingerprint density at radius 3 is 2.33 bits per heavy atom. The molecule has 0 saturated heterocycles. The molecule has 0 bridgehead atoms. The zero-order valence-electron chi connectivity index (χ0n) is 10.7. The zero-order valence-corrected chi connectivity index (χ0v) is 10.7. The van der Waals surface area contributed by atoms with Crippen LogP contribution >= 0.6 is 0 Å². The van der Waals surface area contributed by atoms with Crippen molar-refractivity contribution >= 4 is 6.29 Å². The average Bonchev–Trinajstić information content (AvgIpc) is 3.01. The molecule has 0 aliphatic carbocycles. The van der Waals surface area contributed by atoms with Gasteiger partial charge in [0.1, 0.15) is 18.0 Å². The molecule has 3 rings (SSSR count). The van der Waals surface area contributed by atoms with Gasteiger partial charge in [0, 0.05) is 5.56 Å². The van der Waals surface area contributed by atoms with Gasteiger partial charge in [-0.25, -0.2) is 13.8 Å². The van der Waals surface area contributed by atoms with Crippen LogP contribution in [0.2, 0.25) is 0 Å². The molecule has 21 heavy (non-hydrogen) atoms. The highest BCUT2D eigenvalue weighted by atomic mass is 19.1. The van der Waals surface area contributed by atoms with Crippen molar-refractivity contribution in [3.05, 3.63) is 59.9 Å². The van der Waals surface area contributed by atoms with E-state index in [2.05, 4.69) is 15.2 Å². The summed E-state index contributed by atoms with van der Waals surface area (Å²) in [6.45, 7) is 0. The van der Waals surface area contributed by atoms with Gasteiger partial charge in [-0.1, -0.05) is 18.2 Å².